The van der Waals surface area contributed by atoms with Gasteiger partial charge in [0.15, 0.2) is 11.5 Å². The molecule has 1 amide bonds. The maximum atomic E-state index is 12.6. The van der Waals surface area contributed by atoms with Crippen molar-refractivity contribution in [2.75, 3.05) is 11.9 Å². The van der Waals surface area contributed by atoms with Crippen molar-refractivity contribution >= 4 is 17.7 Å². The van der Waals surface area contributed by atoms with Crippen LogP contribution in [0.3, 0.4) is 0 Å². The summed E-state index contributed by atoms with van der Waals surface area (Å²) < 4.78 is 43.4. The van der Waals surface area contributed by atoms with E-state index in [2.05, 4.69) is 25.6 Å². The Hall–Kier alpha value is -4.22. The van der Waals surface area contributed by atoms with Crippen LogP contribution in [0, 0.1) is 0 Å². The second-order valence-electron chi connectivity index (χ2n) is 7.05. The summed E-state index contributed by atoms with van der Waals surface area (Å²) in [5.74, 6) is -0.900. The molecule has 12 heteroatoms. The molecule has 0 aliphatic carbocycles. The van der Waals surface area contributed by atoms with Crippen molar-refractivity contribution in [1.29, 1.82) is 0 Å². The van der Waals surface area contributed by atoms with E-state index in [9.17, 15) is 27.9 Å². The van der Waals surface area contributed by atoms with Gasteiger partial charge in [-0.1, -0.05) is 0 Å². The maximum Gasteiger partial charge on any atom is 0.417 e. The van der Waals surface area contributed by atoms with Crippen molar-refractivity contribution < 1.29 is 32.6 Å². The first-order valence-corrected chi connectivity index (χ1v) is 9.67. The number of halogens is 3. The number of carboxylic acid groups (broad SMARTS) is 1. The largest absolute Gasteiger partial charge is 0.477 e. The SMILES string of the molecule is O=C(O)c1cc(N[C@H]2CCNC2=O)nc(-c2ccc(Oc3ccc(C(F)(F)F)cn3)cc2)n1. The summed E-state index contributed by atoms with van der Waals surface area (Å²) in [4.78, 5) is 35.3. The van der Waals surface area contributed by atoms with Crippen molar-refractivity contribution in [1.82, 2.24) is 20.3 Å². The number of anilines is 1. The number of hydrogen-bond acceptors (Lipinski definition) is 7. The first kappa shape index (κ1) is 22.0. The van der Waals surface area contributed by atoms with Gasteiger partial charge in [0, 0.05) is 30.4 Å². The number of aromatic nitrogens is 3. The highest BCUT2D eigenvalue weighted by Crippen LogP contribution is 2.30. The van der Waals surface area contributed by atoms with Crippen LogP contribution in [0.15, 0.2) is 48.7 Å². The van der Waals surface area contributed by atoms with Gasteiger partial charge in [0.2, 0.25) is 11.8 Å². The third-order valence-corrected chi connectivity index (χ3v) is 4.71. The molecule has 1 fully saturated rings. The van der Waals surface area contributed by atoms with Crippen LogP contribution in [0.1, 0.15) is 22.5 Å². The summed E-state index contributed by atoms with van der Waals surface area (Å²) in [7, 11) is 0. The van der Waals surface area contributed by atoms with Crippen LogP contribution in [0.25, 0.3) is 11.4 Å². The van der Waals surface area contributed by atoms with Gasteiger partial charge < -0.3 is 20.5 Å². The van der Waals surface area contributed by atoms with Gasteiger partial charge >= 0.3 is 12.1 Å². The minimum Gasteiger partial charge on any atom is -0.477 e. The van der Waals surface area contributed by atoms with Crippen LogP contribution in [0.5, 0.6) is 11.6 Å². The van der Waals surface area contributed by atoms with Crippen LogP contribution in [-0.4, -0.2) is 44.5 Å². The normalized spacial score (nSPS) is 15.7. The van der Waals surface area contributed by atoms with Gasteiger partial charge in [-0.3, -0.25) is 4.79 Å². The fourth-order valence-electron chi connectivity index (χ4n) is 3.07. The number of ether oxygens (including phenoxy) is 1. The van der Waals surface area contributed by atoms with Crippen molar-refractivity contribution in [3.63, 3.8) is 0 Å². The molecule has 0 saturated carbocycles. The molecule has 0 radical (unpaired) electrons. The number of rotatable bonds is 6. The van der Waals surface area contributed by atoms with Crippen LogP contribution in [0.2, 0.25) is 0 Å². The molecule has 1 atom stereocenters. The van der Waals surface area contributed by atoms with E-state index in [0.29, 0.717) is 30.5 Å². The first-order valence-electron chi connectivity index (χ1n) is 9.67. The number of alkyl halides is 3. The predicted octanol–water partition coefficient (Wildman–Crippen LogP) is 3.35. The Balaban J connectivity index is 1.54. The third-order valence-electron chi connectivity index (χ3n) is 4.71. The number of carboxylic acids is 1. The molecule has 2 aromatic heterocycles. The van der Waals surface area contributed by atoms with E-state index in [4.69, 9.17) is 4.74 Å². The fraction of sp³-hybridized carbons (Fsp3) is 0.190. The summed E-state index contributed by atoms with van der Waals surface area (Å²) in [5.41, 5.74) is -0.680. The molecule has 1 aromatic carbocycles. The molecular weight excluding hydrogens is 443 g/mol. The average molecular weight is 459 g/mol. The van der Waals surface area contributed by atoms with Gasteiger partial charge in [-0.15, -0.1) is 0 Å². The van der Waals surface area contributed by atoms with E-state index >= 15 is 0 Å². The van der Waals surface area contributed by atoms with Gasteiger partial charge in [-0.25, -0.2) is 19.7 Å². The summed E-state index contributed by atoms with van der Waals surface area (Å²) >= 11 is 0. The number of pyridine rings is 1. The molecule has 0 unspecified atom stereocenters. The lowest BCUT2D eigenvalue weighted by atomic mass is 10.2. The van der Waals surface area contributed by atoms with E-state index in [0.717, 1.165) is 12.1 Å². The zero-order valence-electron chi connectivity index (χ0n) is 16.8. The minimum absolute atomic E-state index is 0.0267. The van der Waals surface area contributed by atoms with Gasteiger partial charge in [-0.2, -0.15) is 13.2 Å². The summed E-state index contributed by atoms with van der Waals surface area (Å²) in [5, 5.41) is 15.0. The lowest BCUT2D eigenvalue weighted by Crippen LogP contribution is -2.30. The number of amides is 1. The molecule has 4 rings (SSSR count). The quantitative estimate of drug-likeness (QED) is 0.512. The second-order valence-corrected chi connectivity index (χ2v) is 7.05. The van der Waals surface area contributed by atoms with Crippen molar-refractivity contribution in [2.45, 2.75) is 18.6 Å². The first-order chi connectivity index (χ1) is 15.7. The molecule has 3 heterocycles. The monoisotopic (exact) mass is 459 g/mol. The average Bonchev–Trinajstić information content (AvgIpc) is 3.18. The molecule has 170 valence electrons. The van der Waals surface area contributed by atoms with Crippen LogP contribution >= 0.6 is 0 Å². The standard InChI is InChI=1S/C21H16F3N5O4/c22-21(23,24)12-3-6-17(26-10-12)33-13-4-1-11(2-5-13)18-28-15(20(31)32)9-16(29-18)27-14-7-8-25-19(14)30/h1-6,9-10,14H,7-8H2,(H,25,30)(H,31,32)(H,27,28,29)/t14-/m0/s1. The van der Waals surface area contributed by atoms with E-state index in [1.807, 2.05) is 0 Å². The number of aromatic carboxylic acids is 1. The molecule has 3 N–H and O–H groups in total. The number of nitrogens with zero attached hydrogens (tertiary/aromatic N) is 3. The smallest absolute Gasteiger partial charge is 0.417 e. The molecule has 1 aliphatic rings. The molecule has 0 spiro atoms. The lowest BCUT2D eigenvalue weighted by Gasteiger charge is -2.12. The van der Waals surface area contributed by atoms with Gasteiger partial charge in [0.05, 0.1) is 5.56 Å². The number of nitrogens with one attached hydrogen (secondary N) is 2. The van der Waals surface area contributed by atoms with Crippen molar-refractivity contribution in [3.8, 4) is 23.0 Å². The number of carbonyl (C=O) groups excluding carboxylic acids is 1. The van der Waals surface area contributed by atoms with Crippen molar-refractivity contribution in [3.05, 3.63) is 59.9 Å². The van der Waals surface area contributed by atoms with E-state index in [1.54, 1.807) is 12.1 Å². The number of carbonyl (C=O) groups is 2. The Bertz CT molecular complexity index is 1180. The third kappa shape index (κ3) is 5.17. The Morgan fingerprint density at radius 3 is 2.48 bits per heavy atom. The Labute approximate surface area is 184 Å². The minimum atomic E-state index is -4.49. The molecular formula is C21H16F3N5O4. The highest BCUT2D eigenvalue weighted by Gasteiger charge is 2.30. The maximum absolute atomic E-state index is 12.6. The van der Waals surface area contributed by atoms with Gasteiger partial charge in [-0.05, 0) is 36.8 Å². The zero-order valence-corrected chi connectivity index (χ0v) is 16.8. The second kappa shape index (κ2) is 8.73. The van der Waals surface area contributed by atoms with Crippen LogP contribution < -0.4 is 15.4 Å². The van der Waals surface area contributed by atoms with Crippen LogP contribution in [-0.2, 0) is 11.0 Å². The number of hydrogen-bond donors (Lipinski definition) is 3. The van der Waals surface area contributed by atoms with E-state index in [-0.39, 0.29) is 29.1 Å². The van der Waals surface area contributed by atoms with Gasteiger partial charge in [0.25, 0.3) is 0 Å². The predicted molar refractivity (Wildman–Crippen MR) is 109 cm³/mol. The summed E-state index contributed by atoms with van der Waals surface area (Å²) in [6, 6.07) is 8.84. The number of benzene rings is 1. The molecule has 1 aliphatic heterocycles. The Morgan fingerprint density at radius 2 is 1.91 bits per heavy atom. The van der Waals surface area contributed by atoms with E-state index in [1.165, 1.54) is 18.2 Å². The van der Waals surface area contributed by atoms with Crippen LogP contribution in [0.4, 0.5) is 19.0 Å². The highest BCUT2D eigenvalue weighted by atomic mass is 19.4. The van der Waals surface area contributed by atoms with E-state index < -0.39 is 23.8 Å². The highest BCUT2D eigenvalue weighted by molar-refractivity contribution is 5.88. The molecule has 33 heavy (non-hydrogen) atoms. The Kier molecular flexibility index (Phi) is 5.82. The van der Waals surface area contributed by atoms with Crippen molar-refractivity contribution in [2.24, 2.45) is 0 Å². The zero-order chi connectivity index (χ0) is 23.6. The molecule has 9 nitrogen and oxygen atoms in total. The van der Waals surface area contributed by atoms with Gasteiger partial charge in [0.1, 0.15) is 17.6 Å². The topological polar surface area (TPSA) is 126 Å². The summed E-state index contributed by atoms with van der Waals surface area (Å²) in [6.45, 7) is 0.509. The Morgan fingerprint density at radius 1 is 1.15 bits per heavy atom. The molecule has 1 saturated heterocycles. The lowest BCUT2D eigenvalue weighted by molar-refractivity contribution is -0.137. The molecule has 3 aromatic rings. The fourth-order valence-corrected chi connectivity index (χ4v) is 3.07. The molecule has 0 bridgehead atoms. The summed E-state index contributed by atoms with van der Waals surface area (Å²) in [6.07, 6.45) is -3.29.